The molecule has 0 nitrogen and oxygen atoms in total. The van der Waals surface area contributed by atoms with Gasteiger partial charge in [0.25, 0.3) is 0 Å². The van der Waals surface area contributed by atoms with Crippen molar-refractivity contribution in [2.24, 2.45) is 0 Å². The molecule has 0 saturated carbocycles. The molecule has 0 N–H and O–H groups in total. The van der Waals surface area contributed by atoms with Crippen molar-refractivity contribution in [2.75, 3.05) is 0 Å². The van der Waals surface area contributed by atoms with Gasteiger partial charge in [0.1, 0.15) is 0 Å². The van der Waals surface area contributed by atoms with Crippen molar-refractivity contribution in [1.82, 2.24) is 0 Å². The van der Waals surface area contributed by atoms with E-state index in [9.17, 15) is 57.1 Å². The summed E-state index contributed by atoms with van der Waals surface area (Å²) in [4.78, 5) is 0. The van der Waals surface area contributed by atoms with Gasteiger partial charge in [0.05, 0.1) is 0 Å². The second kappa shape index (κ2) is 6.19. The van der Waals surface area contributed by atoms with Gasteiger partial charge in [-0.3, -0.25) is 0 Å². The van der Waals surface area contributed by atoms with E-state index in [1.54, 1.807) is 0 Å². The predicted molar refractivity (Wildman–Crippen MR) is 47.9 cm³/mol. The molecule has 0 atom stereocenters. The summed E-state index contributed by atoms with van der Waals surface area (Å²) in [6.07, 6.45) is -9.83. The molecule has 0 rings (SSSR count). The van der Waals surface area contributed by atoms with Crippen LogP contribution in [0.25, 0.3) is 0 Å². The molecule has 0 fully saturated rings. The molecule has 1 radical (unpaired) electrons. The average molecular weight is 371 g/mol. The van der Waals surface area contributed by atoms with Crippen LogP contribution in [0.15, 0.2) is 0 Å². The van der Waals surface area contributed by atoms with Crippen LogP contribution in [-0.4, -0.2) is 65.3 Å². The number of hydrogen-bond donors (Lipinski definition) is 0. The van der Waals surface area contributed by atoms with Crippen molar-refractivity contribution in [1.29, 1.82) is 0 Å². The van der Waals surface area contributed by atoms with E-state index >= 15 is 0 Å². The first-order valence-electron chi connectivity index (χ1n) is 4.56. The van der Waals surface area contributed by atoms with E-state index in [1.165, 1.54) is 0 Å². The van der Waals surface area contributed by atoms with Crippen LogP contribution < -0.4 is 0 Å². The van der Waals surface area contributed by atoms with Crippen LogP contribution in [-0.2, 0) is 0 Å². The van der Waals surface area contributed by atoms with E-state index in [2.05, 4.69) is 0 Å². The monoisotopic (exact) mass is 371 g/mol. The average Bonchev–Trinajstić information content (AvgIpc) is 2.26. The summed E-state index contributed by atoms with van der Waals surface area (Å²) in [5, 5.41) is 0. The Kier molecular flexibility index (Phi) is 6.85. The summed E-state index contributed by atoms with van der Waals surface area (Å²) < 4.78 is 160. The number of alkyl halides is 13. The van der Waals surface area contributed by atoms with Crippen molar-refractivity contribution >= 4 is 29.6 Å². The van der Waals surface area contributed by atoms with E-state index in [0.717, 1.165) is 0 Å². The molecule has 0 aliphatic rings. The zero-order chi connectivity index (χ0) is 17.7. The molecular formula is C8H5F13Na. The van der Waals surface area contributed by atoms with Crippen LogP contribution in [0.3, 0.4) is 0 Å². The maximum atomic E-state index is 12.7. The molecule has 0 aliphatic carbocycles. The summed E-state index contributed by atoms with van der Waals surface area (Å²) >= 11 is 0. The third kappa shape index (κ3) is 3.17. The fraction of sp³-hybridized carbons (Fsp3) is 0.875. The second-order valence-electron chi connectivity index (χ2n) is 3.75. The molecular weight excluding hydrogens is 366 g/mol. The Hall–Kier alpha value is 0.0900. The Bertz CT molecular complexity index is 382. The van der Waals surface area contributed by atoms with Crippen molar-refractivity contribution < 1.29 is 57.1 Å². The van der Waals surface area contributed by atoms with Gasteiger partial charge in [-0.05, 0) is 6.92 Å². The first-order valence-corrected chi connectivity index (χ1v) is 4.56. The molecule has 0 heterocycles. The molecule has 0 spiro atoms. The molecule has 22 heavy (non-hydrogen) atoms. The zero-order valence-electron chi connectivity index (χ0n) is 9.33. The van der Waals surface area contributed by atoms with E-state index < -0.39 is 42.2 Å². The second-order valence-corrected chi connectivity index (χ2v) is 3.75. The van der Waals surface area contributed by atoms with E-state index in [0.29, 0.717) is 0 Å². The quantitative estimate of drug-likeness (QED) is 0.500. The molecule has 0 aliphatic heterocycles. The van der Waals surface area contributed by atoms with Gasteiger partial charge < -0.3 is 0 Å². The van der Waals surface area contributed by atoms with Gasteiger partial charge in [0.15, 0.2) is 0 Å². The third-order valence-electron chi connectivity index (χ3n) is 2.31. The maximum absolute atomic E-state index is 12.7. The Morgan fingerprint density at radius 1 is 0.500 bits per heavy atom. The molecule has 14 heteroatoms. The third-order valence-corrected chi connectivity index (χ3v) is 2.31. The molecule has 129 valence electrons. The van der Waals surface area contributed by atoms with E-state index in [1.807, 2.05) is 6.92 Å². The molecule has 0 saturated heterocycles. The van der Waals surface area contributed by atoms with Gasteiger partial charge in [-0.2, -0.15) is 57.1 Å². The summed E-state index contributed by atoms with van der Waals surface area (Å²) in [7, 11) is 0. The van der Waals surface area contributed by atoms with E-state index in [4.69, 9.17) is 0 Å². The Morgan fingerprint density at radius 2 is 0.773 bits per heavy atom. The van der Waals surface area contributed by atoms with Crippen molar-refractivity contribution in [3.63, 3.8) is 0 Å². The standard InChI is InChI=1S/C8H4F13.Na.H/c1-2-3(9,10)4(11,12)5(13,14)6(15,16)7(17,18)8(19,20)21;;/h1-2H2;;. The number of hydrogen-bond acceptors (Lipinski definition) is 0. The number of halogens is 13. The number of rotatable bonds is 5. The minimum absolute atomic E-state index is 0. The van der Waals surface area contributed by atoms with Gasteiger partial charge in [-0.15, -0.1) is 0 Å². The van der Waals surface area contributed by atoms with Crippen LogP contribution in [0.4, 0.5) is 57.1 Å². The Morgan fingerprint density at radius 3 is 1.00 bits per heavy atom. The molecule has 0 amide bonds. The van der Waals surface area contributed by atoms with Crippen molar-refractivity contribution in [3.05, 3.63) is 6.92 Å². The van der Waals surface area contributed by atoms with Gasteiger partial charge >= 0.3 is 65.3 Å². The van der Waals surface area contributed by atoms with Crippen LogP contribution in [0.1, 0.15) is 6.42 Å². The molecule has 0 aromatic carbocycles. The normalized spacial score (nSPS) is 15.5. The topological polar surface area (TPSA) is 0 Å². The van der Waals surface area contributed by atoms with Gasteiger partial charge in [-0.1, -0.05) is 0 Å². The van der Waals surface area contributed by atoms with Gasteiger partial charge in [0, 0.05) is 6.42 Å². The Balaban J connectivity index is 0. The first-order chi connectivity index (χ1) is 8.81. The Labute approximate surface area is 136 Å². The summed E-state index contributed by atoms with van der Waals surface area (Å²) in [5.74, 6) is -36.5. The van der Waals surface area contributed by atoms with E-state index in [-0.39, 0.29) is 29.6 Å². The fourth-order valence-electron chi connectivity index (χ4n) is 0.959. The van der Waals surface area contributed by atoms with Gasteiger partial charge in [-0.25, -0.2) is 0 Å². The summed E-state index contributed by atoms with van der Waals surface area (Å²) in [5.41, 5.74) is 0. The predicted octanol–water partition coefficient (Wildman–Crippen LogP) is 4.30. The van der Waals surface area contributed by atoms with Gasteiger partial charge in [0.2, 0.25) is 0 Å². The van der Waals surface area contributed by atoms with Crippen molar-refractivity contribution in [2.45, 2.75) is 42.2 Å². The van der Waals surface area contributed by atoms with Crippen LogP contribution >= 0.6 is 0 Å². The van der Waals surface area contributed by atoms with Crippen LogP contribution in [0, 0.1) is 6.92 Å². The zero-order valence-corrected chi connectivity index (χ0v) is 9.33. The minimum atomic E-state index is -7.83. The molecule has 0 aromatic heterocycles. The fourth-order valence-corrected chi connectivity index (χ4v) is 0.959. The van der Waals surface area contributed by atoms with Crippen molar-refractivity contribution in [3.8, 4) is 0 Å². The molecule has 0 bridgehead atoms. The van der Waals surface area contributed by atoms with Crippen LogP contribution in [0.5, 0.6) is 0 Å². The summed E-state index contributed by atoms with van der Waals surface area (Å²) in [6, 6.07) is 0. The molecule has 0 aromatic rings. The first kappa shape index (κ1) is 24.3. The molecule has 0 unspecified atom stereocenters. The van der Waals surface area contributed by atoms with Crippen LogP contribution in [0.2, 0.25) is 0 Å². The summed E-state index contributed by atoms with van der Waals surface area (Å²) in [6.45, 7) is 2.01. The SMILES string of the molecule is [CH2]CC(F)(F)C(F)(F)C(F)(F)C(F)(F)C(F)(F)C(F)(F)F.[NaH].